The van der Waals surface area contributed by atoms with Crippen LogP contribution >= 0.6 is 12.6 Å². The molecule has 1 aromatic rings. The molecule has 0 aromatic carbocycles. The van der Waals surface area contributed by atoms with Crippen LogP contribution in [0.5, 0.6) is 0 Å². The van der Waals surface area contributed by atoms with Gasteiger partial charge >= 0.3 is 0 Å². The smallest absolute Gasteiger partial charge is 0.126 e. The van der Waals surface area contributed by atoms with Crippen LogP contribution in [-0.4, -0.2) is 24.2 Å². The second-order valence-electron chi connectivity index (χ2n) is 3.02. The molecule has 0 saturated carbocycles. The highest BCUT2D eigenvalue weighted by molar-refractivity contribution is 7.79. The maximum atomic E-state index is 12.2. The van der Waals surface area contributed by atoms with Crippen molar-refractivity contribution >= 4 is 18.9 Å². The van der Waals surface area contributed by atoms with Crippen molar-refractivity contribution in [2.24, 2.45) is 5.92 Å². The van der Waals surface area contributed by atoms with E-state index in [0.717, 1.165) is 11.3 Å². The van der Waals surface area contributed by atoms with Gasteiger partial charge < -0.3 is 4.79 Å². The zero-order valence-electron chi connectivity index (χ0n) is 8.98. The fourth-order valence-electron chi connectivity index (χ4n) is 1.12. The number of nitrogens with zero attached hydrogens (tertiary/aromatic N) is 1. The fraction of sp³-hybridized carbons (Fsp3) is 0.455. The molecule has 0 aliphatic heterocycles. The monoisotopic (exact) mass is 229 g/mol. The average Bonchev–Trinajstić information content (AvgIpc) is 2.31. The van der Waals surface area contributed by atoms with Crippen LogP contribution in [-0.2, 0) is 11.2 Å². The Morgan fingerprint density at radius 3 is 2.73 bits per heavy atom. The van der Waals surface area contributed by atoms with Crippen molar-refractivity contribution < 1.29 is 9.18 Å². The molecule has 1 atom stereocenters. The summed E-state index contributed by atoms with van der Waals surface area (Å²) >= 11 is 3.53. The third-order valence-corrected chi connectivity index (χ3v) is 1.96. The van der Waals surface area contributed by atoms with Gasteiger partial charge in [0.25, 0.3) is 0 Å². The summed E-state index contributed by atoms with van der Waals surface area (Å²) in [6.45, 7) is 1.29. The second-order valence-corrected chi connectivity index (χ2v) is 3.02. The van der Waals surface area contributed by atoms with E-state index in [1.54, 1.807) is 12.5 Å². The molecule has 15 heavy (non-hydrogen) atoms. The van der Waals surface area contributed by atoms with E-state index < -0.39 is 12.6 Å². The molecule has 0 fully saturated rings. The van der Waals surface area contributed by atoms with Crippen molar-refractivity contribution in [3.05, 3.63) is 29.6 Å². The van der Waals surface area contributed by atoms with E-state index in [0.29, 0.717) is 12.7 Å². The number of hydrogen-bond acceptors (Lipinski definition) is 3. The topological polar surface area (TPSA) is 30.0 Å². The molecular formula is C11H16FNOS. The van der Waals surface area contributed by atoms with Gasteiger partial charge in [0.15, 0.2) is 0 Å². The number of pyridine rings is 1. The van der Waals surface area contributed by atoms with E-state index in [2.05, 4.69) is 17.6 Å². The van der Waals surface area contributed by atoms with Crippen molar-refractivity contribution in [3.8, 4) is 0 Å². The molecule has 0 radical (unpaired) electrons. The Kier molecular flexibility index (Phi) is 7.91. The summed E-state index contributed by atoms with van der Waals surface area (Å²) in [5.74, 6) is -0.548. The number of carbonyl (C=O) groups is 1. The normalized spacial score (nSPS) is 11.2. The van der Waals surface area contributed by atoms with Crippen LogP contribution in [0.25, 0.3) is 0 Å². The maximum absolute atomic E-state index is 12.2. The van der Waals surface area contributed by atoms with Gasteiger partial charge in [0.1, 0.15) is 6.29 Å². The van der Waals surface area contributed by atoms with Crippen LogP contribution in [0.15, 0.2) is 18.3 Å². The second kappa shape index (κ2) is 8.41. The van der Waals surface area contributed by atoms with Crippen LogP contribution in [0.4, 0.5) is 4.39 Å². The van der Waals surface area contributed by atoms with Gasteiger partial charge in [-0.15, -0.1) is 0 Å². The molecule has 1 aromatic heterocycles. The molecule has 0 aliphatic carbocycles. The first-order chi connectivity index (χ1) is 7.27. The molecule has 0 aliphatic rings. The maximum Gasteiger partial charge on any atom is 0.126 e. The van der Waals surface area contributed by atoms with Crippen LogP contribution in [0.2, 0.25) is 0 Å². The Balaban J connectivity index is 0.000000921. The Morgan fingerprint density at radius 1 is 1.60 bits per heavy atom. The zero-order chi connectivity index (χ0) is 11.7. The van der Waals surface area contributed by atoms with Crippen molar-refractivity contribution in [1.82, 2.24) is 4.98 Å². The highest BCUT2D eigenvalue weighted by Crippen LogP contribution is 2.09. The molecule has 0 N–H and O–H groups in total. The van der Waals surface area contributed by atoms with Gasteiger partial charge in [0, 0.05) is 24.2 Å². The molecule has 0 spiro atoms. The highest BCUT2D eigenvalue weighted by Gasteiger charge is 2.09. The molecule has 0 bridgehead atoms. The molecule has 0 saturated heterocycles. The number of aryl methyl sites for hydroxylation is 1. The highest BCUT2D eigenvalue weighted by atomic mass is 32.1. The zero-order valence-corrected chi connectivity index (χ0v) is 9.88. The SMILES string of the molecule is CS.Cc1cccnc1CC(C=O)CF. The molecule has 84 valence electrons. The van der Waals surface area contributed by atoms with Gasteiger partial charge in [-0.2, -0.15) is 12.6 Å². The predicted molar refractivity (Wildman–Crippen MR) is 63.1 cm³/mol. The van der Waals surface area contributed by atoms with E-state index in [4.69, 9.17) is 0 Å². The summed E-state index contributed by atoms with van der Waals surface area (Å²) in [7, 11) is 0. The van der Waals surface area contributed by atoms with Crippen molar-refractivity contribution in [3.63, 3.8) is 0 Å². The molecule has 1 heterocycles. The van der Waals surface area contributed by atoms with Gasteiger partial charge in [0.05, 0.1) is 6.67 Å². The Labute approximate surface area is 95.3 Å². The van der Waals surface area contributed by atoms with Crippen LogP contribution in [0, 0.1) is 12.8 Å². The minimum absolute atomic E-state index is 0.396. The number of hydrogen-bond donors (Lipinski definition) is 1. The number of rotatable bonds is 4. The average molecular weight is 229 g/mol. The lowest BCUT2D eigenvalue weighted by Crippen LogP contribution is -2.10. The van der Waals surface area contributed by atoms with E-state index >= 15 is 0 Å². The number of aromatic nitrogens is 1. The number of halogens is 1. The molecule has 4 heteroatoms. The van der Waals surface area contributed by atoms with E-state index in [1.807, 2.05) is 19.1 Å². The lowest BCUT2D eigenvalue weighted by molar-refractivity contribution is -0.111. The molecule has 2 nitrogen and oxygen atoms in total. The number of carbonyl (C=O) groups excluding carboxylic acids is 1. The summed E-state index contributed by atoms with van der Waals surface area (Å²) in [4.78, 5) is 14.5. The predicted octanol–water partition coefficient (Wildman–Crippen LogP) is 2.26. The summed E-state index contributed by atoms with van der Waals surface area (Å²) in [6.07, 6.45) is 4.39. The van der Waals surface area contributed by atoms with Crippen LogP contribution in [0.3, 0.4) is 0 Å². The molecule has 0 amide bonds. The minimum Gasteiger partial charge on any atom is -0.303 e. The summed E-state index contributed by atoms with van der Waals surface area (Å²) in [6, 6.07) is 3.73. The molecular weight excluding hydrogens is 213 g/mol. The Bertz CT molecular complexity index is 294. The van der Waals surface area contributed by atoms with Gasteiger partial charge in [0.2, 0.25) is 0 Å². The third kappa shape index (κ3) is 4.93. The quantitative estimate of drug-likeness (QED) is 0.634. The Morgan fingerprint density at radius 2 is 2.27 bits per heavy atom. The first-order valence-corrected chi connectivity index (χ1v) is 5.54. The van der Waals surface area contributed by atoms with Crippen molar-refractivity contribution in [2.45, 2.75) is 13.3 Å². The molecule has 1 rings (SSSR count). The number of thiol groups is 1. The van der Waals surface area contributed by atoms with E-state index in [9.17, 15) is 9.18 Å². The largest absolute Gasteiger partial charge is 0.303 e. The number of aldehydes is 1. The van der Waals surface area contributed by atoms with Gasteiger partial charge in [-0.05, 0) is 24.8 Å². The van der Waals surface area contributed by atoms with Gasteiger partial charge in [-0.25, -0.2) is 0 Å². The van der Waals surface area contributed by atoms with Crippen molar-refractivity contribution in [1.29, 1.82) is 0 Å². The Hall–Kier alpha value is -0.900. The lowest BCUT2D eigenvalue weighted by Gasteiger charge is -2.06. The van der Waals surface area contributed by atoms with Crippen LogP contribution < -0.4 is 0 Å². The fourth-order valence-corrected chi connectivity index (χ4v) is 1.12. The van der Waals surface area contributed by atoms with Gasteiger partial charge in [-0.3, -0.25) is 9.37 Å². The minimum atomic E-state index is -0.612. The number of alkyl halides is 1. The summed E-state index contributed by atoms with van der Waals surface area (Å²) < 4.78 is 12.2. The standard InChI is InChI=1S/C10H12FNO.CH4S/c1-8-3-2-4-12-10(8)5-9(6-11)7-13;1-2/h2-4,7,9H,5-6H2,1H3;2H,1H3. The summed E-state index contributed by atoms with van der Waals surface area (Å²) in [5.41, 5.74) is 1.81. The molecule has 1 unspecified atom stereocenters. The summed E-state index contributed by atoms with van der Waals surface area (Å²) in [5, 5.41) is 0. The van der Waals surface area contributed by atoms with Gasteiger partial charge in [-0.1, -0.05) is 6.07 Å². The first-order valence-electron chi connectivity index (χ1n) is 4.64. The van der Waals surface area contributed by atoms with Crippen molar-refractivity contribution in [2.75, 3.05) is 12.9 Å². The van der Waals surface area contributed by atoms with Crippen LogP contribution in [0.1, 0.15) is 11.3 Å². The van der Waals surface area contributed by atoms with E-state index in [-0.39, 0.29) is 0 Å². The van der Waals surface area contributed by atoms with E-state index in [1.165, 1.54) is 0 Å². The lowest BCUT2D eigenvalue weighted by atomic mass is 10.0. The first kappa shape index (κ1) is 14.1. The third-order valence-electron chi connectivity index (χ3n) is 1.96.